The number of aryl methyl sites for hydroxylation is 1. The molecule has 1 unspecified atom stereocenters. The quantitative estimate of drug-likeness (QED) is 0.894. The molecule has 0 heterocycles. The zero-order valence-corrected chi connectivity index (χ0v) is 11.6. The Hall–Kier alpha value is -1.51. The molecule has 0 radical (unpaired) electrons. The molecule has 0 amide bonds. The van der Waals surface area contributed by atoms with Gasteiger partial charge in [-0.05, 0) is 35.7 Å². The minimum absolute atomic E-state index is 0.214. The van der Waals surface area contributed by atoms with E-state index in [0.29, 0.717) is 10.8 Å². The molecule has 1 atom stereocenters. The fraction of sp³-hybridized carbons (Fsp3) is 0.250. The second-order valence-electron chi connectivity index (χ2n) is 4.38. The zero-order chi connectivity index (χ0) is 13.7. The number of rotatable bonds is 5. The van der Waals surface area contributed by atoms with E-state index in [4.69, 9.17) is 16.3 Å². The number of ether oxygens (including phenoxy) is 1. The van der Waals surface area contributed by atoms with Crippen molar-refractivity contribution in [3.05, 3.63) is 64.7 Å². The summed E-state index contributed by atoms with van der Waals surface area (Å²) in [7, 11) is 0. The maximum atomic E-state index is 10.1. The minimum atomic E-state index is -0.634. The van der Waals surface area contributed by atoms with Gasteiger partial charge in [0.2, 0.25) is 0 Å². The number of hydrogen-bond acceptors (Lipinski definition) is 2. The van der Waals surface area contributed by atoms with Crippen molar-refractivity contribution in [2.45, 2.75) is 19.4 Å². The smallest absolute Gasteiger partial charge is 0.120 e. The second-order valence-corrected chi connectivity index (χ2v) is 4.82. The standard InChI is InChI=1S/C16H17ClO2/c1-2-12-6-8-13(9-7-12)16(18)11-19-15-5-3-4-14(17)10-15/h3-10,16,18H,2,11H2,1H3. The molecular formula is C16H17ClO2. The molecule has 0 bridgehead atoms. The molecule has 2 aromatic rings. The SMILES string of the molecule is CCc1ccc(C(O)COc2cccc(Cl)c2)cc1. The van der Waals surface area contributed by atoms with Crippen LogP contribution in [0.15, 0.2) is 48.5 Å². The largest absolute Gasteiger partial charge is 0.490 e. The Labute approximate surface area is 118 Å². The minimum Gasteiger partial charge on any atom is -0.490 e. The molecule has 2 rings (SSSR count). The monoisotopic (exact) mass is 276 g/mol. The summed E-state index contributed by atoms with van der Waals surface area (Å²) in [5, 5.41) is 10.7. The highest BCUT2D eigenvalue weighted by Crippen LogP contribution is 2.20. The van der Waals surface area contributed by atoms with Gasteiger partial charge in [0.05, 0.1) is 0 Å². The van der Waals surface area contributed by atoms with Gasteiger partial charge in [-0.25, -0.2) is 0 Å². The van der Waals surface area contributed by atoms with E-state index in [9.17, 15) is 5.11 Å². The summed E-state index contributed by atoms with van der Waals surface area (Å²) in [6.07, 6.45) is 0.361. The fourth-order valence-electron chi connectivity index (χ4n) is 1.80. The van der Waals surface area contributed by atoms with E-state index >= 15 is 0 Å². The summed E-state index contributed by atoms with van der Waals surface area (Å²) >= 11 is 5.87. The Morgan fingerprint density at radius 1 is 1.16 bits per heavy atom. The van der Waals surface area contributed by atoms with Gasteiger partial charge in [0.25, 0.3) is 0 Å². The average Bonchev–Trinajstić information content (AvgIpc) is 2.45. The fourth-order valence-corrected chi connectivity index (χ4v) is 1.98. The van der Waals surface area contributed by atoms with Gasteiger partial charge in [0, 0.05) is 5.02 Å². The van der Waals surface area contributed by atoms with Crippen molar-refractivity contribution < 1.29 is 9.84 Å². The summed E-state index contributed by atoms with van der Waals surface area (Å²) in [5.74, 6) is 0.664. The van der Waals surface area contributed by atoms with Crippen LogP contribution in [0.2, 0.25) is 5.02 Å². The van der Waals surface area contributed by atoms with Crippen molar-refractivity contribution in [1.82, 2.24) is 0 Å². The molecule has 1 N–H and O–H groups in total. The van der Waals surface area contributed by atoms with E-state index in [2.05, 4.69) is 6.92 Å². The lowest BCUT2D eigenvalue weighted by Crippen LogP contribution is -2.09. The van der Waals surface area contributed by atoms with E-state index < -0.39 is 6.10 Å². The normalized spacial score (nSPS) is 12.2. The van der Waals surface area contributed by atoms with Crippen LogP contribution in [0.5, 0.6) is 5.75 Å². The van der Waals surface area contributed by atoms with Crippen LogP contribution in [-0.4, -0.2) is 11.7 Å². The molecule has 0 saturated heterocycles. The van der Waals surface area contributed by atoms with Gasteiger partial charge in [0.1, 0.15) is 18.5 Å². The molecule has 0 aromatic heterocycles. The Morgan fingerprint density at radius 2 is 1.89 bits per heavy atom. The van der Waals surface area contributed by atoms with Gasteiger partial charge in [-0.1, -0.05) is 48.9 Å². The van der Waals surface area contributed by atoms with Gasteiger partial charge < -0.3 is 9.84 Å². The summed E-state index contributed by atoms with van der Waals surface area (Å²) < 4.78 is 5.53. The Bertz CT molecular complexity index is 523. The first-order valence-corrected chi connectivity index (χ1v) is 6.72. The first kappa shape index (κ1) is 13.9. The van der Waals surface area contributed by atoms with Crippen LogP contribution in [0, 0.1) is 0 Å². The highest BCUT2D eigenvalue weighted by Gasteiger charge is 2.08. The maximum Gasteiger partial charge on any atom is 0.120 e. The number of hydrogen-bond donors (Lipinski definition) is 1. The lowest BCUT2D eigenvalue weighted by Gasteiger charge is -2.13. The van der Waals surface area contributed by atoms with Crippen LogP contribution in [0.1, 0.15) is 24.2 Å². The summed E-state index contributed by atoms with van der Waals surface area (Å²) in [5.41, 5.74) is 2.12. The van der Waals surface area contributed by atoms with E-state index in [1.807, 2.05) is 36.4 Å². The second kappa shape index (κ2) is 6.60. The topological polar surface area (TPSA) is 29.5 Å². The molecule has 0 aliphatic heterocycles. The molecule has 0 aliphatic carbocycles. The van der Waals surface area contributed by atoms with Gasteiger partial charge >= 0.3 is 0 Å². The third kappa shape index (κ3) is 3.98. The van der Waals surface area contributed by atoms with Crippen LogP contribution < -0.4 is 4.74 Å². The highest BCUT2D eigenvalue weighted by molar-refractivity contribution is 6.30. The first-order valence-electron chi connectivity index (χ1n) is 6.34. The van der Waals surface area contributed by atoms with Gasteiger partial charge in [-0.3, -0.25) is 0 Å². The maximum absolute atomic E-state index is 10.1. The zero-order valence-electron chi connectivity index (χ0n) is 10.8. The van der Waals surface area contributed by atoms with Crippen molar-refractivity contribution in [3.63, 3.8) is 0 Å². The van der Waals surface area contributed by atoms with Crippen LogP contribution in [0.25, 0.3) is 0 Å². The summed E-state index contributed by atoms with van der Waals surface area (Å²) in [6.45, 7) is 2.32. The van der Waals surface area contributed by atoms with Crippen LogP contribution in [0.3, 0.4) is 0 Å². The van der Waals surface area contributed by atoms with Crippen LogP contribution in [-0.2, 0) is 6.42 Å². The number of halogens is 1. The molecule has 0 fully saturated rings. The Balaban J connectivity index is 1.95. The molecule has 100 valence electrons. The van der Waals surface area contributed by atoms with Crippen molar-refractivity contribution in [2.24, 2.45) is 0 Å². The van der Waals surface area contributed by atoms with Gasteiger partial charge in [-0.15, -0.1) is 0 Å². The van der Waals surface area contributed by atoms with Gasteiger partial charge in [0.15, 0.2) is 0 Å². The van der Waals surface area contributed by atoms with Crippen LogP contribution >= 0.6 is 11.6 Å². The Morgan fingerprint density at radius 3 is 2.53 bits per heavy atom. The molecule has 0 aliphatic rings. The predicted octanol–water partition coefficient (Wildman–Crippen LogP) is 4.01. The Kier molecular flexibility index (Phi) is 4.83. The number of aliphatic hydroxyl groups excluding tert-OH is 1. The summed E-state index contributed by atoms with van der Waals surface area (Å²) in [6, 6.07) is 15.1. The van der Waals surface area contributed by atoms with Crippen LogP contribution in [0.4, 0.5) is 0 Å². The molecule has 0 spiro atoms. The first-order chi connectivity index (χ1) is 9.19. The van der Waals surface area contributed by atoms with E-state index in [-0.39, 0.29) is 6.61 Å². The molecular weight excluding hydrogens is 260 g/mol. The summed E-state index contributed by atoms with van der Waals surface area (Å²) in [4.78, 5) is 0. The predicted molar refractivity (Wildman–Crippen MR) is 77.7 cm³/mol. The highest BCUT2D eigenvalue weighted by atomic mass is 35.5. The number of benzene rings is 2. The van der Waals surface area contributed by atoms with E-state index in [0.717, 1.165) is 12.0 Å². The third-order valence-corrected chi connectivity index (χ3v) is 3.21. The van der Waals surface area contributed by atoms with Crippen molar-refractivity contribution >= 4 is 11.6 Å². The van der Waals surface area contributed by atoms with E-state index in [1.165, 1.54) is 5.56 Å². The lowest BCUT2D eigenvalue weighted by atomic mass is 10.1. The average molecular weight is 277 g/mol. The molecule has 2 nitrogen and oxygen atoms in total. The third-order valence-electron chi connectivity index (χ3n) is 2.98. The molecule has 2 aromatic carbocycles. The molecule has 19 heavy (non-hydrogen) atoms. The lowest BCUT2D eigenvalue weighted by molar-refractivity contribution is 0.108. The van der Waals surface area contributed by atoms with Crippen molar-refractivity contribution in [3.8, 4) is 5.75 Å². The van der Waals surface area contributed by atoms with E-state index in [1.54, 1.807) is 12.1 Å². The van der Waals surface area contributed by atoms with Crippen molar-refractivity contribution in [2.75, 3.05) is 6.61 Å². The molecule has 0 saturated carbocycles. The molecule has 3 heteroatoms. The van der Waals surface area contributed by atoms with Crippen molar-refractivity contribution in [1.29, 1.82) is 0 Å². The number of aliphatic hydroxyl groups is 1. The van der Waals surface area contributed by atoms with Gasteiger partial charge in [-0.2, -0.15) is 0 Å².